The van der Waals surface area contributed by atoms with Crippen LogP contribution in [-0.4, -0.2) is 22.3 Å². The molecule has 0 aromatic heterocycles. The minimum atomic E-state index is -1.64. The van der Waals surface area contributed by atoms with Crippen LogP contribution in [0.1, 0.15) is 5.56 Å². The third-order valence-electron chi connectivity index (χ3n) is 2.76. The van der Waals surface area contributed by atoms with E-state index in [0.29, 0.717) is 22.7 Å². The van der Waals surface area contributed by atoms with Crippen molar-refractivity contribution in [1.29, 1.82) is 0 Å². The second-order valence-electron chi connectivity index (χ2n) is 4.10. The predicted molar refractivity (Wildman–Crippen MR) is 75.0 cm³/mol. The summed E-state index contributed by atoms with van der Waals surface area (Å²) in [4.78, 5) is 3.28. The zero-order chi connectivity index (χ0) is 14.5. The lowest BCUT2D eigenvalue weighted by molar-refractivity contribution is 0.281. The number of ether oxygens (including phenoxy) is 1. The van der Waals surface area contributed by atoms with E-state index >= 15 is 0 Å². The first kappa shape index (κ1) is 14.1. The van der Waals surface area contributed by atoms with Crippen molar-refractivity contribution in [2.75, 3.05) is 0 Å². The van der Waals surface area contributed by atoms with Gasteiger partial charge in [0.15, 0.2) is 5.69 Å². The smallest absolute Gasteiger partial charge is 0.457 e. The van der Waals surface area contributed by atoms with E-state index in [4.69, 9.17) is 21.4 Å². The SMILES string of the molecule is [C-]#[N+]c1ccc(Oc2ccc(B(O)O)c(CO)c2)cc1. The van der Waals surface area contributed by atoms with Gasteiger partial charge in [-0.05, 0) is 35.3 Å². The van der Waals surface area contributed by atoms with Crippen LogP contribution in [0.2, 0.25) is 0 Å². The van der Waals surface area contributed by atoms with Crippen LogP contribution in [0.4, 0.5) is 5.69 Å². The molecule has 0 saturated carbocycles. The summed E-state index contributed by atoms with van der Waals surface area (Å²) in [6, 6.07) is 11.2. The highest BCUT2D eigenvalue weighted by Gasteiger charge is 2.16. The summed E-state index contributed by atoms with van der Waals surface area (Å²) in [6.45, 7) is 6.54. The van der Waals surface area contributed by atoms with E-state index in [0.717, 1.165) is 0 Å². The summed E-state index contributed by atoms with van der Waals surface area (Å²) in [7, 11) is -1.64. The fourth-order valence-corrected chi connectivity index (χ4v) is 1.76. The Morgan fingerprint density at radius 3 is 2.25 bits per heavy atom. The summed E-state index contributed by atoms with van der Waals surface area (Å²) in [5.41, 5.74) is 1.14. The molecule has 20 heavy (non-hydrogen) atoms. The maximum Gasteiger partial charge on any atom is 0.488 e. The molecule has 0 unspecified atom stereocenters. The highest BCUT2D eigenvalue weighted by atomic mass is 16.5. The molecule has 6 heteroatoms. The molecule has 2 aromatic carbocycles. The Bertz CT molecular complexity index is 635. The van der Waals surface area contributed by atoms with Gasteiger partial charge in [0.1, 0.15) is 11.5 Å². The Labute approximate surface area is 116 Å². The summed E-state index contributed by atoms with van der Waals surface area (Å²) < 4.78 is 5.58. The molecule has 100 valence electrons. The topological polar surface area (TPSA) is 74.3 Å². The molecule has 2 aromatic rings. The molecule has 2 rings (SSSR count). The van der Waals surface area contributed by atoms with Gasteiger partial charge in [0.25, 0.3) is 0 Å². The number of benzene rings is 2. The van der Waals surface area contributed by atoms with Crippen molar-refractivity contribution < 1.29 is 19.9 Å². The molecule has 0 radical (unpaired) electrons. The van der Waals surface area contributed by atoms with Crippen LogP contribution in [0.5, 0.6) is 11.5 Å². The van der Waals surface area contributed by atoms with Gasteiger partial charge < -0.3 is 19.9 Å². The molecule has 0 atom stereocenters. The van der Waals surface area contributed by atoms with Gasteiger partial charge in [0, 0.05) is 0 Å². The molecular formula is C14H12BNO4. The number of aliphatic hydroxyl groups excluding tert-OH is 1. The van der Waals surface area contributed by atoms with Crippen LogP contribution in [0.3, 0.4) is 0 Å². The monoisotopic (exact) mass is 269 g/mol. The second-order valence-corrected chi connectivity index (χ2v) is 4.10. The minimum Gasteiger partial charge on any atom is -0.457 e. The van der Waals surface area contributed by atoms with Gasteiger partial charge in [0.05, 0.1) is 13.2 Å². The van der Waals surface area contributed by atoms with E-state index in [2.05, 4.69) is 4.85 Å². The lowest BCUT2D eigenvalue weighted by Crippen LogP contribution is -2.32. The van der Waals surface area contributed by atoms with E-state index in [9.17, 15) is 5.11 Å². The number of nitrogens with zero attached hydrogens (tertiary/aromatic N) is 1. The highest BCUT2D eigenvalue weighted by molar-refractivity contribution is 6.59. The third-order valence-corrected chi connectivity index (χ3v) is 2.76. The van der Waals surface area contributed by atoms with Gasteiger partial charge in [-0.25, -0.2) is 4.85 Å². The average Bonchev–Trinajstić information content (AvgIpc) is 2.47. The fraction of sp³-hybridized carbons (Fsp3) is 0.0714. The Morgan fingerprint density at radius 1 is 1.05 bits per heavy atom. The number of hydrogen-bond donors (Lipinski definition) is 3. The average molecular weight is 269 g/mol. The van der Waals surface area contributed by atoms with Gasteiger partial charge >= 0.3 is 7.12 Å². The molecule has 3 N–H and O–H groups in total. The third kappa shape index (κ3) is 3.16. The maximum absolute atomic E-state index is 9.22. The molecule has 0 aliphatic rings. The molecule has 0 spiro atoms. The summed E-state index contributed by atoms with van der Waals surface area (Å²) >= 11 is 0. The van der Waals surface area contributed by atoms with Crippen LogP contribution >= 0.6 is 0 Å². The van der Waals surface area contributed by atoms with Crippen molar-refractivity contribution in [2.45, 2.75) is 6.61 Å². The molecule has 0 saturated heterocycles. The van der Waals surface area contributed by atoms with Gasteiger partial charge in [-0.1, -0.05) is 18.2 Å². The Balaban J connectivity index is 2.23. The van der Waals surface area contributed by atoms with Crippen molar-refractivity contribution >= 4 is 18.3 Å². The summed E-state index contributed by atoms with van der Waals surface area (Å²) in [5.74, 6) is 1.02. The first-order valence-electron chi connectivity index (χ1n) is 5.89. The maximum atomic E-state index is 9.22. The number of hydrogen-bond acceptors (Lipinski definition) is 4. The largest absolute Gasteiger partial charge is 0.488 e. The van der Waals surface area contributed by atoms with Crippen LogP contribution in [-0.2, 0) is 6.61 Å². The van der Waals surface area contributed by atoms with Crippen LogP contribution < -0.4 is 10.2 Å². The first-order chi connectivity index (χ1) is 9.63. The van der Waals surface area contributed by atoms with Gasteiger partial charge in [0.2, 0.25) is 0 Å². The molecule has 0 fully saturated rings. The number of aliphatic hydroxyl groups is 1. The normalized spacial score (nSPS) is 9.90. The quantitative estimate of drug-likeness (QED) is 0.576. The zero-order valence-electron chi connectivity index (χ0n) is 10.5. The summed E-state index contributed by atoms with van der Waals surface area (Å²) in [6.07, 6.45) is 0. The standard InChI is InChI=1S/C14H12BNO4/c1-16-11-2-4-12(5-3-11)20-13-6-7-14(15(18)19)10(8-13)9-17/h2-8,17-19H,9H2. The van der Waals surface area contributed by atoms with Crippen molar-refractivity contribution in [3.05, 3.63) is 59.4 Å². The van der Waals surface area contributed by atoms with Crippen LogP contribution in [0, 0.1) is 6.57 Å². The van der Waals surface area contributed by atoms with E-state index in [1.165, 1.54) is 12.1 Å². The highest BCUT2D eigenvalue weighted by Crippen LogP contribution is 2.24. The Hall–Kier alpha value is -2.33. The van der Waals surface area contributed by atoms with Crippen molar-refractivity contribution in [1.82, 2.24) is 0 Å². The Kier molecular flexibility index (Phi) is 4.38. The van der Waals surface area contributed by atoms with E-state index in [-0.39, 0.29) is 12.1 Å². The van der Waals surface area contributed by atoms with E-state index in [1.54, 1.807) is 30.3 Å². The summed E-state index contributed by atoms with van der Waals surface area (Å²) in [5, 5.41) is 27.5. The molecular weight excluding hydrogens is 257 g/mol. The van der Waals surface area contributed by atoms with Crippen LogP contribution in [0.25, 0.3) is 4.85 Å². The molecule has 0 aliphatic heterocycles. The molecule has 0 bridgehead atoms. The van der Waals surface area contributed by atoms with E-state index < -0.39 is 7.12 Å². The molecule has 5 nitrogen and oxygen atoms in total. The van der Waals surface area contributed by atoms with Crippen LogP contribution in [0.15, 0.2) is 42.5 Å². The van der Waals surface area contributed by atoms with Crippen molar-refractivity contribution in [3.63, 3.8) is 0 Å². The predicted octanol–water partition coefficient (Wildman–Crippen LogP) is 1.20. The van der Waals surface area contributed by atoms with E-state index in [1.807, 2.05) is 0 Å². The second kappa shape index (κ2) is 6.22. The molecule has 0 heterocycles. The van der Waals surface area contributed by atoms with Crippen molar-refractivity contribution in [3.8, 4) is 11.5 Å². The van der Waals surface area contributed by atoms with Crippen molar-refractivity contribution in [2.24, 2.45) is 0 Å². The number of rotatable bonds is 4. The lowest BCUT2D eigenvalue weighted by atomic mass is 9.77. The Morgan fingerprint density at radius 2 is 1.70 bits per heavy atom. The first-order valence-corrected chi connectivity index (χ1v) is 5.89. The lowest BCUT2D eigenvalue weighted by Gasteiger charge is -2.10. The zero-order valence-corrected chi connectivity index (χ0v) is 10.5. The molecule has 0 amide bonds. The van der Waals surface area contributed by atoms with Gasteiger partial charge in [-0.15, -0.1) is 0 Å². The van der Waals surface area contributed by atoms with Gasteiger partial charge in [-0.2, -0.15) is 0 Å². The minimum absolute atomic E-state index is 0.239. The molecule has 0 aliphatic carbocycles. The fourth-order valence-electron chi connectivity index (χ4n) is 1.76. The van der Waals surface area contributed by atoms with Gasteiger partial charge in [-0.3, -0.25) is 0 Å².